The zero-order chi connectivity index (χ0) is 20.4. The summed E-state index contributed by atoms with van der Waals surface area (Å²) in [6.45, 7) is 7.63. The molecule has 3 atom stereocenters. The number of aryl methyl sites for hydroxylation is 1. The van der Waals surface area contributed by atoms with Crippen LogP contribution in [-0.2, 0) is 17.8 Å². The lowest BCUT2D eigenvalue weighted by Crippen LogP contribution is -2.43. The van der Waals surface area contributed by atoms with E-state index in [9.17, 15) is 4.79 Å². The average Bonchev–Trinajstić information content (AvgIpc) is 2.72. The molecule has 0 N–H and O–H groups in total. The fourth-order valence-electron chi connectivity index (χ4n) is 5.52. The molecule has 0 aromatic heterocycles. The van der Waals surface area contributed by atoms with Crippen molar-refractivity contribution in [2.45, 2.75) is 71.8 Å². The summed E-state index contributed by atoms with van der Waals surface area (Å²) in [5.74, 6) is 2.99. The van der Waals surface area contributed by atoms with E-state index in [1.165, 1.54) is 36.0 Å². The molecule has 0 bridgehead atoms. The Hall–Kier alpha value is -2.09. The molecule has 0 amide bonds. The molecular formula is C27H34O2. The van der Waals surface area contributed by atoms with Gasteiger partial charge in [0.05, 0.1) is 0 Å². The van der Waals surface area contributed by atoms with Crippen LogP contribution in [0.3, 0.4) is 0 Å². The van der Waals surface area contributed by atoms with Crippen molar-refractivity contribution in [3.63, 3.8) is 0 Å². The third kappa shape index (κ3) is 4.27. The molecule has 2 aliphatic rings. The first kappa shape index (κ1) is 20.2. The summed E-state index contributed by atoms with van der Waals surface area (Å²) in [5.41, 5.74) is 4.22. The van der Waals surface area contributed by atoms with Gasteiger partial charge in [-0.25, -0.2) is 0 Å². The van der Waals surface area contributed by atoms with Crippen LogP contribution in [0.15, 0.2) is 48.5 Å². The highest BCUT2D eigenvalue weighted by atomic mass is 16.5. The molecular weight excluding hydrogens is 356 g/mol. The minimum Gasteiger partial charge on any atom is -0.489 e. The second-order valence-electron chi connectivity index (χ2n) is 9.81. The molecule has 4 rings (SSSR count). The summed E-state index contributed by atoms with van der Waals surface area (Å²) in [5, 5.41) is 0. The summed E-state index contributed by atoms with van der Waals surface area (Å²) in [4.78, 5) is 12.6. The Kier molecular flexibility index (Phi) is 5.81. The third-order valence-corrected chi connectivity index (χ3v) is 7.40. The number of Topliss-reactive ketones (excluding diaryl/α,β-unsaturated/α-hetero) is 1. The van der Waals surface area contributed by atoms with Gasteiger partial charge in [-0.05, 0) is 71.3 Å². The molecule has 2 aromatic rings. The van der Waals surface area contributed by atoms with Crippen molar-refractivity contribution in [3.8, 4) is 5.75 Å². The smallest absolute Gasteiger partial charge is 0.133 e. The number of carbonyl (C=O) groups excluding carboxylic acids is 1. The molecule has 1 fully saturated rings. The first-order valence-electron chi connectivity index (χ1n) is 11.3. The van der Waals surface area contributed by atoms with E-state index in [2.05, 4.69) is 51.1 Å². The highest BCUT2D eigenvalue weighted by molar-refractivity contribution is 5.81. The van der Waals surface area contributed by atoms with Gasteiger partial charge >= 0.3 is 0 Å². The fraction of sp³-hybridized carbons (Fsp3) is 0.519. The highest BCUT2D eigenvalue weighted by Crippen LogP contribution is 2.57. The maximum Gasteiger partial charge on any atom is 0.133 e. The molecule has 2 aromatic carbocycles. The van der Waals surface area contributed by atoms with Gasteiger partial charge in [-0.3, -0.25) is 4.79 Å². The SMILES string of the molecule is CC(C)CC[C@@H]1CC(=O)C[C@H]2c3ccc(OCc4ccccc4)cc3CC[C@]12C. The number of ketones is 1. The number of rotatable bonds is 6. The summed E-state index contributed by atoms with van der Waals surface area (Å²) in [6.07, 6.45) is 6.18. The van der Waals surface area contributed by atoms with Crippen LogP contribution in [0.4, 0.5) is 0 Å². The van der Waals surface area contributed by atoms with Crippen molar-refractivity contribution in [1.82, 2.24) is 0 Å². The largest absolute Gasteiger partial charge is 0.489 e. The van der Waals surface area contributed by atoms with Crippen LogP contribution in [0.5, 0.6) is 5.75 Å². The molecule has 29 heavy (non-hydrogen) atoms. The Bertz CT molecular complexity index is 854. The Morgan fingerprint density at radius 3 is 2.66 bits per heavy atom. The van der Waals surface area contributed by atoms with Gasteiger partial charge in [0, 0.05) is 12.8 Å². The lowest BCUT2D eigenvalue weighted by atomic mass is 9.53. The van der Waals surface area contributed by atoms with E-state index in [0.29, 0.717) is 36.6 Å². The average molecular weight is 391 g/mol. The minimum atomic E-state index is 0.252. The van der Waals surface area contributed by atoms with Gasteiger partial charge in [-0.1, -0.05) is 63.6 Å². The fourth-order valence-corrected chi connectivity index (χ4v) is 5.52. The van der Waals surface area contributed by atoms with Crippen LogP contribution in [0.1, 0.15) is 75.5 Å². The molecule has 2 aliphatic carbocycles. The molecule has 0 unspecified atom stereocenters. The molecule has 0 saturated heterocycles. The molecule has 0 heterocycles. The van der Waals surface area contributed by atoms with Crippen molar-refractivity contribution >= 4 is 5.78 Å². The zero-order valence-electron chi connectivity index (χ0n) is 18.1. The van der Waals surface area contributed by atoms with Crippen LogP contribution in [-0.4, -0.2) is 5.78 Å². The molecule has 0 aliphatic heterocycles. The van der Waals surface area contributed by atoms with Crippen LogP contribution in [0, 0.1) is 17.3 Å². The Labute approximate surface area is 175 Å². The number of ether oxygens (including phenoxy) is 1. The van der Waals surface area contributed by atoms with Gasteiger partial charge in [0.2, 0.25) is 0 Å². The minimum absolute atomic E-state index is 0.252. The lowest BCUT2D eigenvalue weighted by Gasteiger charge is -2.51. The number of carbonyl (C=O) groups is 1. The first-order chi connectivity index (χ1) is 14.0. The first-order valence-corrected chi connectivity index (χ1v) is 11.3. The standard InChI is InChI=1S/C27H34O2/c1-19(2)9-10-22-16-23(28)17-26-25-12-11-24(15-21(25)13-14-27(22,26)3)29-18-20-7-5-4-6-8-20/h4-8,11-12,15,19,22,26H,9-10,13-14,16-18H2,1-3H3/t22-,26+,27-/m1/s1. The zero-order valence-corrected chi connectivity index (χ0v) is 18.1. The van der Waals surface area contributed by atoms with Crippen molar-refractivity contribution < 1.29 is 9.53 Å². The maximum absolute atomic E-state index is 12.6. The predicted molar refractivity (Wildman–Crippen MR) is 118 cm³/mol. The Balaban J connectivity index is 1.53. The van der Waals surface area contributed by atoms with Crippen molar-refractivity contribution in [1.29, 1.82) is 0 Å². The van der Waals surface area contributed by atoms with Crippen LogP contribution in [0.2, 0.25) is 0 Å². The topological polar surface area (TPSA) is 26.3 Å². The summed E-state index contributed by atoms with van der Waals surface area (Å²) < 4.78 is 6.06. The number of fused-ring (bicyclic) bond motifs is 3. The van der Waals surface area contributed by atoms with Crippen LogP contribution < -0.4 is 4.74 Å². The maximum atomic E-state index is 12.6. The second kappa shape index (κ2) is 8.34. The number of benzene rings is 2. The van der Waals surface area contributed by atoms with Gasteiger partial charge in [0.1, 0.15) is 18.1 Å². The van der Waals surface area contributed by atoms with E-state index in [0.717, 1.165) is 18.6 Å². The van der Waals surface area contributed by atoms with Gasteiger partial charge in [0.25, 0.3) is 0 Å². The molecule has 2 heteroatoms. The van der Waals surface area contributed by atoms with E-state index in [4.69, 9.17) is 4.74 Å². The summed E-state index contributed by atoms with van der Waals surface area (Å²) >= 11 is 0. The monoisotopic (exact) mass is 390 g/mol. The van der Waals surface area contributed by atoms with E-state index in [1.54, 1.807) is 0 Å². The van der Waals surface area contributed by atoms with Gasteiger partial charge in [-0.15, -0.1) is 0 Å². The van der Waals surface area contributed by atoms with Gasteiger partial charge < -0.3 is 4.74 Å². The lowest BCUT2D eigenvalue weighted by molar-refractivity contribution is -0.126. The number of hydrogen-bond acceptors (Lipinski definition) is 2. The summed E-state index contributed by atoms with van der Waals surface area (Å²) in [7, 11) is 0. The Morgan fingerprint density at radius 2 is 1.90 bits per heavy atom. The quantitative estimate of drug-likeness (QED) is 0.547. The van der Waals surface area contributed by atoms with E-state index < -0.39 is 0 Å². The molecule has 1 saturated carbocycles. The highest BCUT2D eigenvalue weighted by Gasteiger charge is 2.49. The van der Waals surface area contributed by atoms with Crippen molar-refractivity contribution in [3.05, 3.63) is 65.2 Å². The molecule has 0 spiro atoms. The van der Waals surface area contributed by atoms with Crippen molar-refractivity contribution in [2.75, 3.05) is 0 Å². The predicted octanol–water partition coefficient (Wildman–Crippen LogP) is 6.72. The number of hydrogen-bond donors (Lipinski definition) is 0. The van der Waals surface area contributed by atoms with E-state index >= 15 is 0 Å². The van der Waals surface area contributed by atoms with Gasteiger partial charge in [-0.2, -0.15) is 0 Å². The van der Waals surface area contributed by atoms with Crippen LogP contribution in [0.25, 0.3) is 0 Å². The molecule has 154 valence electrons. The molecule has 0 radical (unpaired) electrons. The normalized spacial score (nSPS) is 26.1. The Morgan fingerprint density at radius 1 is 1.10 bits per heavy atom. The van der Waals surface area contributed by atoms with Crippen LogP contribution >= 0.6 is 0 Å². The van der Waals surface area contributed by atoms with Gasteiger partial charge in [0.15, 0.2) is 0 Å². The van der Waals surface area contributed by atoms with Crippen molar-refractivity contribution in [2.24, 2.45) is 17.3 Å². The third-order valence-electron chi connectivity index (χ3n) is 7.40. The van der Waals surface area contributed by atoms with E-state index in [1.807, 2.05) is 18.2 Å². The molecule has 2 nitrogen and oxygen atoms in total. The second-order valence-corrected chi connectivity index (χ2v) is 9.81. The van der Waals surface area contributed by atoms with E-state index in [-0.39, 0.29) is 5.41 Å². The summed E-state index contributed by atoms with van der Waals surface area (Å²) in [6, 6.07) is 16.9.